The van der Waals surface area contributed by atoms with E-state index in [2.05, 4.69) is 10.3 Å². The Bertz CT molecular complexity index is 806. The van der Waals surface area contributed by atoms with Crippen LogP contribution in [-0.2, 0) is 14.3 Å². The Labute approximate surface area is 148 Å². The minimum absolute atomic E-state index is 0.180. The summed E-state index contributed by atoms with van der Waals surface area (Å²) in [7, 11) is -3.52. The van der Waals surface area contributed by atoms with E-state index in [4.69, 9.17) is 4.18 Å². The summed E-state index contributed by atoms with van der Waals surface area (Å²) in [5.74, 6) is 0.641. The van der Waals surface area contributed by atoms with E-state index in [0.717, 1.165) is 44.1 Å². The highest BCUT2D eigenvalue weighted by molar-refractivity contribution is 7.86. The Balaban J connectivity index is 1.60. The summed E-state index contributed by atoms with van der Waals surface area (Å²) in [5.41, 5.74) is 0.186. The van der Waals surface area contributed by atoms with Crippen LogP contribution in [0.4, 0.5) is 0 Å². The van der Waals surface area contributed by atoms with Crippen LogP contribution in [0.2, 0.25) is 0 Å². The number of pyridine rings is 1. The maximum absolute atomic E-state index is 12.7. The molecule has 5 rings (SSSR count). The molecular weight excluding hydrogens is 340 g/mol. The third-order valence-corrected chi connectivity index (χ3v) is 6.49. The van der Waals surface area contributed by atoms with Gasteiger partial charge in [-0.05, 0) is 63.0 Å². The zero-order chi connectivity index (χ0) is 17.9. The highest BCUT2D eigenvalue weighted by Gasteiger charge is 2.60. The van der Waals surface area contributed by atoms with Crippen molar-refractivity contribution in [3.05, 3.63) is 29.6 Å². The van der Waals surface area contributed by atoms with Crippen molar-refractivity contribution < 1.29 is 17.4 Å². The zero-order valence-corrected chi connectivity index (χ0v) is 15.4. The van der Waals surface area contributed by atoms with Gasteiger partial charge in [-0.15, -0.1) is 0 Å². The Morgan fingerprint density at radius 1 is 1.24 bits per heavy atom. The van der Waals surface area contributed by atoms with E-state index < -0.39 is 15.7 Å². The van der Waals surface area contributed by atoms with Crippen molar-refractivity contribution in [2.24, 2.45) is 11.8 Å². The summed E-state index contributed by atoms with van der Waals surface area (Å²) < 4.78 is 29.1. The lowest BCUT2D eigenvalue weighted by molar-refractivity contribution is -0.121. The lowest BCUT2D eigenvalue weighted by atomic mass is 9.51. The second kappa shape index (κ2) is 5.51. The van der Waals surface area contributed by atoms with Gasteiger partial charge in [0, 0.05) is 17.7 Å². The molecule has 0 radical (unpaired) electrons. The average Bonchev–Trinajstić information content (AvgIpc) is 2.42. The first kappa shape index (κ1) is 17.0. The van der Waals surface area contributed by atoms with Crippen LogP contribution in [0.5, 0.6) is 0 Å². The fourth-order valence-electron chi connectivity index (χ4n) is 5.72. The highest BCUT2D eigenvalue weighted by atomic mass is 32.2. The van der Waals surface area contributed by atoms with Gasteiger partial charge in [-0.2, -0.15) is 8.42 Å². The average molecular weight is 364 g/mol. The van der Waals surface area contributed by atoms with Crippen LogP contribution in [0.1, 0.15) is 54.7 Å². The van der Waals surface area contributed by atoms with Gasteiger partial charge in [0.1, 0.15) is 5.69 Å². The molecule has 1 aromatic rings. The molecule has 4 bridgehead atoms. The minimum atomic E-state index is -3.52. The number of hydrogen-bond acceptors (Lipinski definition) is 5. The number of carbonyl (C=O) groups excluding carboxylic acids is 1. The fraction of sp³-hybridized carbons (Fsp3) is 0.667. The first-order valence-corrected chi connectivity index (χ1v) is 10.6. The molecule has 1 heterocycles. The van der Waals surface area contributed by atoms with Crippen molar-refractivity contribution in [3.8, 4) is 0 Å². The molecule has 1 N–H and O–H groups in total. The van der Waals surface area contributed by atoms with Gasteiger partial charge in [0.2, 0.25) is 0 Å². The van der Waals surface area contributed by atoms with Crippen LogP contribution in [0.25, 0.3) is 0 Å². The molecule has 25 heavy (non-hydrogen) atoms. The summed E-state index contributed by atoms with van der Waals surface area (Å²) in [5, 5.41) is 3.20. The molecule has 2 atom stereocenters. The lowest BCUT2D eigenvalue weighted by Gasteiger charge is -2.61. The van der Waals surface area contributed by atoms with E-state index in [0.29, 0.717) is 24.0 Å². The second-order valence-corrected chi connectivity index (χ2v) is 9.91. The van der Waals surface area contributed by atoms with Crippen molar-refractivity contribution in [2.45, 2.75) is 56.6 Å². The summed E-state index contributed by atoms with van der Waals surface area (Å²) in [6, 6.07) is 5.40. The Morgan fingerprint density at radius 3 is 2.52 bits per heavy atom. The highest BCUT2D eigenvalue weighted by Crippen LogP contribution is 2.59. The summed E-state index contributed by atoms with van der Waals surface area (Å²) in [6.45, 7) is 1.86. The van der Waals surface area contributed by atoms with E-state index in [9.17, 15) is 13.2 Å². The van der Waals surface area contributed by atoms with Crippen molar-refractivity contribution in [1.29, 1.82) is 0 Å². The van der Waals surface area contributed by atoms with Crippen LogP contribution in [0.3, 0.4) is 0 Å². The quantitative estimate of drug-likeness (QED) is 0.828. The van der Waals surface area contributed by atoms with Crippen molar-refractivity contribution in [3.63, 3.8) is 0 Å². The first-order valence-electron chi connectivity index (χ1n) is 8.83. The van der Waals surface area contributed by atoms with E-state index in [1.54, 1.807) is 6.07 Å². The molecule has 0 aliphatic heterocycles. The van der Waals surface area contributed by atoms with Gasteiger partial charge in [0.15, 0.2) is 0 Å². The van der Waals surface area contributed by atoms with Gasteiger partial charge in [-0.3, -0.25) is 8.98 Å². The van der Waals surface area contributed by atoms with Gasteiger partial charge in [-0.25, -0.2) is 4.98 Å². The maximum atomic E-state index is 12.7. The van der Waals surface area contributed by atoms with Crippen LogP contribution in [-0.4, -0.2) is 36.7 Å². The third-order valence-electron chi connectivity index (χ3n) is 5.84. The summed E-state index contributed by atoms with van der Waals surface area (Å²) in [6.07, 6.45) is 6.14. The van der Waals surface area contributed by atoms with Gasteiger partial charge < -0.3 is 5.32 Å². The molecule has 0 aromatic carbocycles. The Hall–Kier alpha value is -1.47. The number of carbonyl (C=O) groups is 1. The third kappa shape index (κ3) is 3.31. The molecule has 7 heteroatoms. The number of nitrogens with one attached hydrogen (secondary N) is 1. The van der Waals surface area contributed by atoms with Gasteiger partial charge in [0.25, 0.3) is 16.0 Å². The number of aromatic nitrogens is 1. The van der Waals surface area contributed by atoms with Crippen molar-refractivity contribution in [2.75, 3.05) is 6.26 Å². The molecule has 136 valence electrons. The summed E-state index contributed by atoms with van der Waals surface area (Å²) in [4.78, 5) is 17.0. The van der Waals surface area contributed by atoms with Gasteiger partial charge >= 0.3 is 0 Å². The molecule has 0 spiro atoms. The maximum Gasteiger partial charge on any atom is 0.270 e. The van der Waals surface area contributed by atoms with E-state index in [1.807, 2.05) is 19.1 Å². The number of amides is 1. The topological polar surface area (TPSA) is 85.4 Å². The number of hydrogen-bond donors (Lipinski definition) is 1. The van der Waals surface area contributed by atoms with Crippen LogP contribution >= 0.6 is 0 Å². The fourth-order valence-corrected chi connectivity index (χ4v) is 6.55. The number of aryl methyl sites for hydroxylation is 1. The molecule has 1 aromatic heterocycles. The molecular formula is C18H24N2O4S. The van der Waals surface area contributed by atoms with E-state index in [-0.39, 0.29) is 11.4 Å². The van der Waals surface area contributed by atoms with Crippen LogP contribution in [0, 0.1) is 18.8 Å². The number of nitrogens with zero attached hydrogens (tertiary/aromatic N) is 1. The monoisotopic (exact) mass is 364 g/mol. The Kier molecular flexibility index (Phi) is 3.74. The Morgan fingerprint density at radius 2 is 1.92 bits per heavy atom. The standard InChI is InChI=1S/C18H24N2O4S/c1-12-4-3-5-15(19-12)16(21)20-17-7-13-6-14(8-17)10-18(9-13,11-17)24-25(2,22)23/h3-5,13-14H,6-11H2,1-2H3,(H,20,21). The van der Waals surface area contributed by atoms with Gasteiger partial charge in [-0.1, -0.05) is 6.07 Å². The largest absolute Gasteiger partial charge is 0.345 e. The normalized spacial score (nSPS) is 36.4. The molecule has 0 saturated heterocycles. The van der Waals surface area contributed by atoms with E-state index >= 15 is 0 Å². The van der Waals surface area contributed by atoms with Crippen LogP contribution in [0.15, 0.2) is 18.2 Å². The van der Waals surface area contributed by atoms with Crippen molar-refractivity contribution >= 4 is 16.0 Å². The summed E-state index contributed by atoms with van der Waals surface area (Å²) >= 11 is 0. The lowest BCUT2D eigenvalue weighted by Crippen LogP contribution is -2.66. The molecule has 1 amide bonds. The van der Waals surface area contributed by atoms with Crippen molar-refractivity contribution in [1.82, 2.24) is 10.3 Å². The minimum Gasteiger partial charge on any atom is -0.345 e. The first-order chi connectivity index (χ1) is 11.7. The SMILES string of the molecule is Cc1cccc(C(=O)NC23CC4CC(C2)CC(OS(C)(=O)=O)(C4)C3)n1. The molecule has 2 unspecified atom stereocenters. The molecule has 4 saturated carbocycles. The smallest absolute Gasteiger partial charge is 0.270 e. The van der Waals surface area contributed by atoms with Gasteiger partial charge in [0.05, 0.1) is 11.9 Å². The molecule has 4 fully saturated rings. The predicted octanol–water partition coefficient (Wildman–Crippen LogP) is 2.19. The van der Waals surface area contributed by atoms with Crippen LogP contribution < -0.4 is 5.32 Å². The van der Waals surface area contributed by atoms with E-state index in [1.165, 1.54) is 0 Å². The predicted molar refractivity (Wildman–Crippen MR) is 92.5 cm³/mol. The second-order valence-electron chi connectivity index (χ2n) is 8.33. The molecule has 4 aliphatic carbocycles. The molecule has 4 aliphatic rings. The number of rotatable bonds is 4. The molecule has 6 nitrogen and oxygen atoms in total. The zero-order valence-electron chi connectivity index (χ0n) is 14.6.